The Bertz CT molecular complexity index is 376. The van der Waals surface area contributed by atoms with Gasteiger partial charge >= 0.3 is 0 Å². The van der Waals surface area contributed by atoms with Crippen LogP contribution in [0.5, 0.6) is 0 Å². The van der Waals surface area contributed by atoms with Gasteiger partial charge in [-0.15, -0.1) is 0 Å². The number of nitrogens with zero attached hydrogens (tertiary/aromatic N) is 3. The molecule has 2 N–H and O–H groups in total. The summed E-state index contributed by atoms with van der Waals surface area (Å²) in [6.45, 7) is 1.54. The number of aryl methyl sites for hydroxylation is 1. The summed E-state index contributed by atoms with van der Waals surface area (Å²) >= 11 is 16.6. The molecule has 0 aromatic carbocycles. The summed E-state index contributed by atoms with van der Waals surface area (Å²) in [6.07, 6.45) is 0. The van der Waals surface area contributed by atoms with Gasteiger partial charge in [0.2, 0.25) is 9.62 Å². The zero-order valence-corrected chi connectivity index (χ0v) is 9.23. The third kappa shape index (κ3) is 2.67. The SMILES string of the molecule is Cc1nc(C(N)=O)nc(C(Cl)(Cl)Cl)n1. The number of halogens is 3. The molecule has 1 aromatic heterocycles. The van der Waals surface area contributed by atoms with E-state index in [9.17, 15) is 4.79 Å². The maximum atomic E-state index is 10.8. The van der Waals surface area contributed by atoms with Crippen LogP contribution in [0.3, 0.4) is 0 Å². The Kier molecular flexibility index (Phi) is 3.14. The van der Waals surface area contributed by atoms with Crippen molar-refractivity contribution < 1.29 is 4.79 Å². The number of rotatable bonds is 1. The van der Waals surface area contributed by atoms with Gasteiger partial charge in [-0.1, -0.05) is 34.8 Å². The maximum Gasteiger partial charge on any atom is 0.286 e. The monoisotopic (exact) mass is 254 g/mol. The molecule has 0 aliphatic rings. The lowest BCUT2D eigenvalue weighted by molar-refractivity contribution is 0.0989. The summed E-state index contributed by atoms with van der Waals surface area (Å²) in [6, 6.07) is 0. The normalized spacial score (nSPS) is 11.4. The number of carbonyl (C=O) groups is 1. The highest BCUT2D eigenvalue weighted by Gasteiger charge is 2.28. The predicted molar refractivity (Wildman–Crippen MR) is 52.3 cm³/mol. The molecule has 0 radical (unpaired) electrons. The van der Waals surface area contributed by atoms with Crippen LogP contribution < -0.4 is 5.73 Å². The van der Waals surface area contributed by atoms with Crippen molar-refractivity contribution in [1.29, 1.82) is 0 Å². The Labute approximate surface area is 94.6 Å². The molecule has 0 aliphatic carbocycles. The Morgan fingerprint density at radius 2 is 1.86 bits per heavy atom. The molecule has 0 fully saturated rings. The minimum Gasteiger partial charge on any atom is -0.363 e. The van der Waals surface area contributed by atoms with Gasteiger partial charge in [-0.2, -0.15) is 0 Å². The molecule has 1 heterocycles. The highest BCUT2D eigenvalue weighted by Crippen LogP contribution is 2.35. The molecule has 0 saturated heterocycles. The summed E-state index contributed by atoms with van der Waals surface area (Å²) in [5.41, 5.74) is 4.97. The van der Waals surface area contributed by atoms with E-state index in [2.05, 4.69) is 15.0 Å². The van der Waals surface area contributed by atoms with Crippen LogP contribution in [-0.4, -0.2) is 20.9 Å². The van der Waals surface area contributed by atoms with Gasteiger partial charge in [-0.05, 0) is 6.92 Å². The van der Waals surface area contributed by atoms with Gasteiger partial charge < -0.3 is 5.73 Å². The summed E-state index contributed by atoms with van der Waals surface area (Å²) in [7, 11) is 0. The van der Waals surface area contributed by atoms with E-state index in [1.807, 2.05) is 0 Å². The topological polar surface area (TPSA) is 81.8 Å². The number of alkyl halides is 3. The number of hydrogen-bond acceptors (Lipinski definition) is 4. The number of hydrogen-bond donors (Lipinski definition) is 1. The molecule has 1 rings (SSSR count). The highest BCUT2D eigenvalue weighted by molar-refractivity contribution is 6.66. The molecular weight excluding hydrogens is 250 g/mol. The van der Waals surface area contributed by atoms with Gasteiger partial charge in [-0.25, -0.2) is 15.0 Å². The van der Waals surface area contributed by atoms with Crippen molar-refractivity contribution in [3.05, 3.63) is 17.5 Å². The van der Waals surface area contributed by atoms with Crippen LogP contribution in [0.2, 0.25) is 0 Å². The summed E-state index contributed by atoms with van der Waals surface area (Å²) in [4.78, 5) is 21.8. The lowest BCUT2D eigenvalue weighted by atomic mass is 10.5. The van der Waals surface area contributed by atoms with Gasteiger partial charge in [0.25, 0.3) is 5.91 Å². The number of aromatic nitrogens is 3. The van der Waals surface area contributed by atoms with Crippen LogP contribution in [0, 0.1) is 6.92 Å². The van der Waals surface area contributed by atoms with Crippen LogP contribution in [0.4, 0.5) is 0 Å². The fourth-order valence-corrected chi connectivity index (χ4v) is 0.972. The summed E-state index contributed by atoms with van der Waals surface area (Å²) < 4.78 is -1.79. The van der Waals surface area contributed by atoms with Crippen molar-refractivity contribution in [3.8, 4) is 0 Å². The third-order valence-corrected chi connectivity index (χ3v) is 1.73. The molecule has 76 valence electrons. The zero-order valence-electron chi connectivity index (χ0n) is 6.96. The van der Waals surface area contributed by atoms with Crippen LogP contribution in [0.1, 0.15) is 22.3 Å². The molecule has 14 heavy (non-hydrogen) atoms. The fraction of sp³-hybridized carbons (Fsp3) is 0.333. The average molecular weight is 255 g/mol. The molecule has 0 bridgehead atoms. The molecule has 0 spiro atoms. The van der Waals surface area contributed by atoms with Crippen LogP contribution >= 0.6 is 34.8 Å². The van der Waals surface area contributed by atoms with Crippen LogP contribution in [0.25, 0.3) is 0 Å². The van der Waals surface area contributed by atoms with E-state index in [4.69, 9.17) is 40.5 Å². The molecule has 8 heteroatoms. The van der Waals surface area contributed by atoms with E-state index in [0.717, 1.165) is 0 Å². The molecule has 1 amide bonds. The van der Waals surface area contributed by atoms with E-state index < -0.39 is 9.70 Å². The quantitative estimate of drug-likeness (QED) is 0.762. The van der Waals surface area contributed by atoms with Crippen molar-refractivity contribution in [1.82, 2.24) is 15.0 Å². The molecule has 0 aliphatic heterocycles. The molecule has 1 aromatic rings. The standard InChI is InChI=1S/C6H5Cl3N4O/c1-2-11-4(3(10)14)13-5(12-2)6(7,8)9/h1H3,(H2,10,14). The first-order valence-electron chi connectivity index (χ1n) is 3.40. The lowest BCUT2D eigenvalue weighted by Crippen LogP contribution is -2.20. The minimum atomic E-state index is -1.79. The van der Waals surface area contributed by atoms with E-state index >= 15 is 0 Å². The predicted octanol–water partition coefficient (Wildman–Crippen LogP) is 1.11. The van der Waals surface area contributed by atoms with Gasteiger partial charge in [0.15, 0.2) is 5.82 Å². The largest absolute Gasteiger partial charge is 0.363 e. The van der Waals surface area contributed by atoms with Crippen molar-refractivity contribution in [2.45, 2.75) is 10.7 Å². The Morgan fingerprint density at radius 1 is 1.29 bits per heavy atom. The molecule has 0 saturated carbocycles. The fourth-order valence-electron chi connectivity index (χ4n) is 0.719. The number of primary amides is 1. The van der Waals surface area contributed by atoms with E-state index in [-0.39, 0.29) is 17.5 Å². The van der Waals surface area contributed by atoms with Gasteiger partial charge in [-0.3, -0.25) is 4.79 Å². The van der Waals surface area contributed by atoms with Crippen molar-refractivity contribution in [3.63, 3.8) is 0 Å². The number of amides is 1. The minimum absolute atomic E-state index is 0.121. The van der Waals surface area contributed by atoms with Crippen molar-refractivity contribution in [2.24, 2.45) is 5.73 Å². The first-order chi connectivity index (χ1) is 6.30. The van der Waals surface area contributed by atoms with Crippen molar-refractivity contribution in [2.75, 3.05) is 0 Å². The summed E-state index contributed by atoms with van der Waals surface area (Å²) in [5.74, 6) is -0.885. The second kappa shape index (κ2) is 3.84. The molecule has 0 atom stereocenters. The third-order valence-electron chi connectivity index (χ3n) is 1.22. The van der Waals surface area contributed by atoms with Crippen LogP contribution in [0.15, 0.2) is 0 Å². The van der Waals surface area contributed by atoms with Crippen molar-refractivity contribution >= 4 is 40.7 Å². The molecular formula is C6H5Cl3N4O. The zero-order chi connectivity index (χ0) is 10.9. The Balaban J connectivity index is 3.28. The van der Waals surface area contributed by atoms with Gasteiger partial charge in [0, 0.05) is 0 Å². The maximum absolute atomic E-state index is 10.8. The van der Waals surface area contributed by atoms with E-state index in [0.29, 0.717) is 0 Å². The van der Waals surface area contributed by atoms with Gasteiger partial charge in [0.05, 0.1) is 0 Å². The lowest BCUT2D eigenvalue weighted by Gasteiger charge is -2.09. The van der Waals surface area contributed by atoms with E-state index in [1.54, 1.807) is 0 Å². The Morgan fingerprint density at radius 3 is 2.29 bits per heavy atom. The second-order valence-electron chi connectivity index (χ2n) is 2.39. The van der Waals surface area contributed by atoms with Crippen LogP contribution in [-0.2, 0) is 3.79 Å². The van der Waals surface area contributed by atoms with E-state index in [1.165, 1.54) is 6.92 Å². The first kappa shape index (κ1) is 11.4. The van der Waals surface area contributed by atoms with Gasteiger partial charge in [0.1, 0.15) is 5.82 Å². The second-order valence-corrected chi connectivity index (χ2v) is 4.67. The average Bonchev–Trinajstić information content (AvgIpc) is 2.01. The Hall–Kier alpha value is -0.650. The number of nitrogens with two attached hydrogens (primary N) is 1. The summed E-state index contributed by atoms with van der Waals surface area (Å²) in [5, 5.41) is 0. The molecule has 0 unspecified atom stereocenters. The number of carbonyl (C=O) groups excluding carboxylic acids is 1. The highest BCUT2D eigenvalue weighted by atomic mass is 35.6. The molecule has 5 nitrogen and oxygen atoms in total. The smallest absolute Gasteiger partial charge is 0.286 e. The first-order valence-corrected chi connectivity index (χ1v) is 4.54.